The van der Waals surface area contributed by atoms with E-state index in [1.54, 1.807) is 18.3 Å². The second kappa shape index (κ2) is 9.96. The fraction of sp³-hybridized carbons (Fsp3) is 0.240. The summed E-state index contributed by atoms with van der Waals surface area (Å²) in [6.07, 6.45) is 6.64. The molecule has 0 aliphatic carbocycles. The molecular weight excluding hydrogens is 441 g/mol. The number of hydrogen-bond donors (Lipinski definition) is 5. The Balaban J connectivity index is 1.22. The highest BCUT2D eigenvalue weighted by Crippen LogP contribution is 2.23. The van der Waals surface area contributed by atoms with Crippen molar-refractivity contribution in [1.29, 1.82) is 0 Å². The van der Waals surface area contributed by atoms with E-state index in [1.165, 1.54) is 0 Å². The van der Waals surface area contributed by atoms with Crippen LogP contribution in [0.25, 0.3) is 10.9 Å². The molecular formula is C25H28BN7O2. The van der Waals surface area contributed by atoms with Crippen LogP contribution in [-0.4, -0.2) is 58.5 Å². The van der Waals surface area contributed by atoms with Crippen LogP contribution in [-0.2, 0) is 6.42 Å². The van der Waals surface area contributed by atoms with Gasteiger partial charge < -0.3 is 30.9 Å². The maximum Gasteiger partial charge on any atom is 0.321 e. The minimum atomic E-state index is -0.0665. The van der Waals surface area contributed by atoms with E-state index >= 15 is 0 Å². The number of fused-ring (bicyclic) bond motifs is 1. The van der Waals surface area contributed by atoms with E-state index in [0.29, 0.717) is 12.5 Å². The number of H-pyrrole nitrogens is 1. The van der Waals surface area contributed by atoms with Crippen LogP contribution in [0.2, 0.25) is 0 Å². The van der Waals surface area contributed by atoms with Crippen LogP contribution in [0, 0.1) is 0 Å². The molecule has 0 atom stereocenters. The van der Waals surface area contributed by atoms with Gasteiger partial charge >= 0.3 is 6.03 Å². The second-order valence-corrected chi connectivity index (χ2v) is 8.78. The molecule has 5 rings (SSSR count). The third-order valence-electron chi connectivity index (χ3n) is 6.17. The number of aromatic amines is 1. The lowest BCUT2D eigenvalue weighted by Crippen LogP contribution is -2.32. The molecule has 1 aliphatic heterocycles. The van der Waals surface area contributed by atoms with Crippen molar-refractivity contribution in [3.63, 3.8) is 0 Å². The van der Waals surface area contributed by atoms with Gasteiger partial charge in [-0.25, -0.2) is 9.78 Å². The van der Waals surface area contributed by atoms with Gasteiger partial charge in [0.15, 0.2) is 0 Å². The highest BCUT2D eigenvalue weighted by atomic mass is 16.3. The number of rotatable bonds is 7. The number of urea groups is 1. The lowest BCUT2D eigenvalue weighted by molar-refractivity contribution is 0.222. The molecule has 1 aliphatic rings. The fourth-order valence-corrected chi connectivity index (χ4v) is 4.30. The lowest BCUT2D eigenvalue weighted by Gasteiger charge is -2.16. The summed E-state index contributed by atoms with van der Waals surface area (Å²) in [4.78, 5) is 26.5. The zero-order valence-electron chi connectivity index (χ0n) is 19.6. The van der Waals surface area contributed by atoms with Crippen molar-refractivity contribution in [1.82, 2.24) is 19.9 Å². The zero-order chi connectivity index (χ0) is 24.2. The monoisotopic (exact) mass is 469 g/mol. The summed E-state index contributed by atoms with van der Waals surface area (Å²) >= 11 is 0. The van der Waals surface area contributed by atoms with Crippen LogP contribution in [0.4, 0.5) is 27.9 Å². The highest BCUT2D eigenvalue weighted by Gasteiger charge is 2.17. The van der Waals surface area contributed by atoms with Crippen molar-refractivity contribution in [2.24, 2.45) is 0 Å². The summed E-state index contributed by atoms with van der Waals surface area (Å²) in [7, 11) is 1.96. The quantitative estimate of drug-likeness (QED) is 0.266. The summed E-state index contributed by atoms with van der Waals surface area (Å²) in [5, 5.41) is 20.4. The number of aromatic nitrogens is 3. The summed E-state index contributed by atoms with van der Waals surface area (Å²) in [6.45, 7) is 2.29. The van der Waals surface area contributed by atoms with E-state index in [0.717, 1.165) is 71.5 Å². The molecule has 9 nitrogen and oxygen atoms in total. The number of aromatic hydroxyl groups is 1. The van der Waals surface area contributed by atoms with Crippen LogP contribution in [0.5, 0.6) is 5.75 Å². The van der Waals surface area contributed by atoms with E-state index in [-0.39, 0.29) is 11.8 Å². The van der Waals surface area contributed by atoms with Crippen molar-refractivity contribution in [2.75, 3.05) is 35.6 Å². The molecule has 4 aromatic rings. The standard InChI is InChI=1S/C25H28BN7O2/c26-21-15-29-24(30-17-4-3-5-18(12-17)31-25(35)33-10-1-2-11-33)32-23(21)27-9-8-16-14-28-22-7-6-19(34)13-20(16)22/h3-7,12-15,28,34H,1-2,8-11,26H2,(H,31,35)(H2,27,29,30,32). The minimum absolute atomic E-state index is 0.0665. The second-order valence-electron chi connectivity index (χ2n) is 8.78. The Morgan fingerprint density at radius 2 is 1.97 bits per heavy atom. The molecule has 0 bridgehead atoms. The molecule has 5 N–H and O–H groups in total. The average molecular weight is 469 g/mol. The third kappa shape index (κ3) is 5.32. The van der Waals surface area contributed by atoms with Gasteiger partial charge in [0.05, 0.1) is 0 Å². The van der Waals surface area contributed by atoms with Crippen molar-refractivity contribution >= 4 is 53.4 Å². The number of phenols is 1. The summed E-state index contributed by atoms with van der Waals surface area (Å²) in [5.74, 6) is 1.48. The van der Waals surface area contributed by atoms with Gasteiger partial charge in [-0.3, -0.25) is 0 Å². The van der Waals surface area contributed by atoms with Crippen molar-refractivity contribution < 1.29 is 9.90 Å². The maximum atomic E-state index is 12.4. The van der Waals surface area contributed by atoms with Gasteiger partial charge in [0, 0.05) is 54.3 Å². The first-order chi connectivity index (χ1) is 17.0. The van der Waals surface area contributed by atoms with Crippen molar-refractivity contribution in [3.8, 4) is 5.75 Å². The van der Waals surface area contributed by atoms with Crippen LogP contribution in [0.3, 0.4) is 0 Å². The first-order valence-electron chi connectivity index (χ1n) is 11.8. The molecule has 0 spiro atoms. The largest absolute Gasteiger partial charge is 0.508 e. The number of carbonyl (C=O) groups is 1. The van der Waals surface area contributed by atoms with E-state index in [2.05, 4.69) is 30.9 Å². The molecule has 0 saturated carbocycles. The molecule has 0 radical (unpaired) electrons. The van der Waals surface area contributed by atoms with Crippen molar-refractivity contribution in [3.05, 3.63) is 60.4 Å². The van der Waals surface area contributed by atoms with Crippen LogP contribution in [0.15, 0.2) is 54.9 Å². The number of anilines is 4. The Morgan fingerprint density at radius 3 is 2.83 bits per heavy atom. The normalized spacial score (nSPS) is 13.2. The number of hydrogen-bond acceptors (Lipinski definition) is 6. The van der Waals surface area contributed by atoms with E-state index in [1.807, 2.05) is 49.3 Å². The number of carbonyl (C=O) groups excluding carboxylic acids is 1. The highest BCUT2D eigenvalue weighted by molar-refractivity contribution is 6.35. The van der Waals surface area contributed by atoms with Crippen LogP contribution >= 0.6 is 0 Å². The molecule has 2 aromatic carbocycles. The average Bonchev–Trinajstić information content (AvgIpc) is 3.52. The predicted molar refractivity (Wildman–Crippen MR) is 142 cm³/mol. The Bertz CT molecular complexity index is 1350. The number of phenolic OH excluding ortho intramolecular Hbond substituents is 1. The van der Waals surface area contributed by atoms with Crippen molar-refractivity contribution in [2.45, 2.75) is 19.3 Å². The number of likely N-dealkylation sites (tertiary alicyclic amines) is 1. The molecule has 10 heteroatoms. The van der Waals surface area contributed by atoms with Gasteiger partial charge in [-0.15, -0.1) is 0 Å². The molecule has 35 heavy (non-hydrogen) atoms. The van der Waals surface area contributed by atoms with Gasteiger partial charge in [0.1, 0.15) is 19.4 Å². The van der Waals surface area contributed by atoms with Gasteiger partial charge in [-0.05, 0) is 66.7 Å². The lowest BCUT2D eigenvalue weighted by atomic mass is 9.99. The number of nitrogens with zero attached hydrogens (tertiary/aromatic N) is 3. The fourth-order valence-electron chi connectivity index (χ4n) is 4.30. The Morgan fingerprint density at radius 1 is 1.14 bits per heavy atom. The summed E-state index contributed by atoms with van der Waals surface area (Å²) in [5.41, 5.74) is 4.58. The Kier molecular flexibility index (Phi) is 6.43. The number of benzene rings is 2. The van der Waals surface area contributed by atoms with Crippen LogP contribution < -0.4 is 21.4 Å². The van der Waals surface area contributed by atoms with E-state index in [4.69, 9.17) is 0 Å². The minimum Gasteiger partial charge on any atom is -0.508 e. The summed E-state index contributed by atoms with van der Waals surface area (Å²) < 4.78 is 0. The number of amides is 2. The van der Waals surface area contributed by atoms with Gasteiger partial charge in [0.2, 0.25) is 5.95 Å². The van der Waals surface area contributed by atoms with Crippen LogP contribution in [0.1, 0.15) is 18.4 Å². The summed E-state index contributed by atoms with van der Waals surface area (Å²) in [6, 6.07) is 12.8. The molecule has 1 saturated heterocycles. The van der Waals surface area contributed by atoms with Gasteiger partial charge in [-0.2, -0.15) is 4.98 Å². The molecule has 0 unspecified atom stereocenters. The van der Waals surface area contributed by atoms with Gasteiger partial charge in [0.25, 0.3) is 0 Å². The Labute approximate surface area is 204 Å². The zero-order valence-corrected chi connectivity index (χ0v) is 19.6. The predicted octanol–water partition coefficient (Wildman–Crippen LogP) is 2.95. The first kappa shape index (κ1) is 22.6. The van der Waals surface area contributed by atoms with Gasteiger partial charge in [-0.1, -0.05) is 6.07 Å². The first-order valence-corrected chi connectivity index (χ1v) is 11.8. The van der Waals surface area contributed by atoms with E-state index in [9.17, 15) is 9.90 Å². The third-order valence-corrected chi connectivity index (χ3v) is 6.17. The molecule has 2 aromatic heterocycles. The van der Waals surface area contributed by atoms with E-state index < -0.39 is 0 Å². The topological polar surface area (TPSA) is 118 Å². The number of nitrogens with one attached hydrogen (secondary N) is 4. The molecule has 178 valence electrons. The SMILES string of the molecule is Bc1cnc(Nc2cccc(NC(=O)N3CCCC3)c2)nc1NCCc1c[nH]c2ccc(O)cc12. The molecule has 2 amide bonds. The molecule has 3 heterocycles. The smallest absolute Gasteiger partial charge is 0.321 e. The Hall–Kier alpha value is -4.21. The maximum absolute atomic E-state index is 12.4. The molecule has 1 fully saturated rings.